The zero-order chi connectivity index (χ0) is 16.7. The smallest absolute Gasteiger partial charge is 0.286 e. The van der Waals surface area contributed by atoms with Crippen LogP contribution in [0.4, 0.5) is 14.9 Å². The van der Waals surface area contributed by atoms with Crippen molar-refractivity contribution in [3.05, 3.63) is 82.3 Å². The molecule has 0 fully saturated rings. The quantitative estimate of drug-likeness (QED) is 0.742. The van der Waals surface area contributed by atoms with Crippen molar-refractivity contribution in [2.24, 2.45) is 0 Å². The van der Waals surface area contributed by atoms with E-state index in [-0.39, 0.29) is 18.9 Å². The highest BCUT2D eigenvalue weighted by Gasteiger charge is 2.33. The van der Waals surface area contributed by atoms with Gasteiger partial charge in [-0.1, -0.05) is 30.3 Å². The first-order valence-electron chi connectivity index (χ1n) is 7.43. The predicted octanol–water partition coefficient (Wildman–Crippen LogP) is 2.22. The Kier molecular flexibility index (Phi) is 3.26. The molecule has 120 valence electrons. The van der Waals surface area contributed by atoms with Gasteiger partial charge in [-0.2, -0.15) is 9.67 Å². The summed E-state index contributed by atoms with van der Waals surface area (Å²) in [4.78, 5) is 26.5. The summed E-state index contributed by atoms with van der Waals surface area (Å²) >= 11 is 0. The van der Waals surface area contributed by atoms with Crippen LogP contribution in [0.3, 0.4) is 0 Å². The van der Waals surface area contributed by atoms with Crippen LogP contribution in [0.5, 0.6) is 0 Å². The number of nitrogens with zero attached hydrogens (tertiary/aromatic N) is 4. The average Bonchev–Trinajstić information content (AvgIpc) is 3.08. The third-order valence-electron chi connectivity index (χ3n) is 3.94. The summed E-state index contributed by atoms with van der Waals surface area (Å²) < 4.78 is 15.3. The highest BCUT2D eigenvalue weighted by atomic mass is 19.1. The van der Waals surface area contributed by atoms with E-state index in [0.29, 0.717) is 5.82 Å². The number of carbonyl (C=O) groups excluding carboxylic acids is 1. The van der Waals surface area contributed by atoms with Crippen molar-refractivity contribution in [1.82, 2.24) is 14.3 Å². The molecule has 2 heterocycles. The third kappa shape index (κ3) is 2.30. The molecule has 0 N–H and O–H groups in total. The minimum atomic E-state index is -0.488. The van der Waals surface area contributed by atoms with E-state index < -0.39 is 11.7 Å². The molecule has 1 amide bonds. The monoisotopic (exact) mass is 324 g/mol. The van der Waals surface area contributed by atoms with Crippen molar-refractivity contribution < 1.29 is 9.18 Å². The van der Waals surface area contributed by atoms with Crippen molar-refractivity contribution in [2.45, 2.75) is 13.1 Å². The molecule has 1 aromatic heterocycles. The van der Waals surface area contributed by atoms with E-state index in [4.69, 9.17) is 0 Å². The zero-order valence-corrected chi connectivity index (χ0v) is 12.6. The lowest BCUT2D eigenvalue weighted by atomic mass is 10.2. The van der Waals surface area contributed by atoms with Crippen LogP contribution in [-0.2, 0) is 13.1 Å². The van der Waals surface area contributed by atoms with Crippen molar-refractivity contribution in [1.29, 1.82) is 0 Å². The Labute approximate surface area is 136 Å². The van der Waals surface area contributed by atoms with Crippen LogP contribution in [0, 0.1) is 5.82 Å². The Bertz CT molecular complexity index is 961. The van der Waals surface area contributed by atoms with Crippen molar-refractivity contribution in [2.75, 3.05) is 4.90 Å². The fraction of sp³-hybridized carbons (Fsp3) is 0.118. The van der Waals surface area contributed by atoms with Crippen molar-refractivity contribution in [3.8, 4) is 0 Å². The molecular weight excluding hydrogens is 311 g/mol. The molecule has 1 aliphatic heterocycles. The number of rotatable bonds is 3. The summed E-state index contributed by atoms with van der Waals surface area (Å²) in [5.41, 5.74) is 0.970. The summed E-state index contributed by atoms with van der Waals surface area (Å²) in [6.45, 7) is 0.437. The molecule has 6 nitrogen and oxygen atoms in total. The second kappa shape index (κ2) is 5.45. The molecule has 24 heavy (non-hydrogen) atoms. The molecule has 0 bridgehead atoms. The van der Waals surface area contributed by atoms with Crippen LogP contribution < -0.4 is 10.6 Å². The number of amides is 1. The first-order chi connectivity index (χ1) is 11.6. The maximum absolute atomic E-state index is 13.0. The van der Waals surface area contributed by atoms with Gasteiger partial charge in [0.05, 0.1) is 13.1 Å². The summed E-state index contributed by atoms with van der Waals surface area (Å²) in [6.07, 6.45) is 0. The molecule has 4 rings (SSSR count). The van der Waals surface area contributed by atoms with Crippen LogP contribution >= 0.6 is 0 Å². The summed E-state index contributed by atoms with van der Waals surface area (Å²) in [5.74, 6) is 0.0584. The van der Waals surface area contributed by atoms with E-state index >= 15 is 0 Å². The number of fused-ring (bicyclic) bond motifs is 1. The Morgan fingerprint density at radius 2 is 1.71 bits per heavy atom. The molecule has 0 spiro atoms. The lowest BCUT2D eigenvalue weighted by Gasteiger charge is -2.14. The number of aromatic nitrogens is 3. The molecule has 0 saturated carbocycles. The van der Waals surface area contributed by atoms with Crippen LogP contribution in [-0.4, -0.2) is 20.4 Å². The fourth-order valence-electron chi connectivity index (χ4n) is 2.75. The van der Waals surface area contributed by atoms with E-state index in [1.54, 1.807) is 24.3 Å². The molecule has 1 aliphatic rings. The molecule has 3 aromatic rings. The van der Waals surface area contributed by atoms with Crippen molar-refractivity contribution in [3.63, 3.8) is 0 Å². The van der Waals surface area contributed by atoms with E-state index in [2.05, 4.69) is 5.10 Å². The number of benzene rings is 2. The van der Waals surface area contributed by atoms with Gasteiger partial charge in [0.15, 0.2) is 5.82 Å². The first kappa shape index (κ1) is 14.4. The minimum Gasteiger partial charge on any atom is -0.286 e. The number of para-hydroxylation sites is 1. The van der Waals surface area contributed by atoms with Gasteiger partial charge in [-0.25, -0.2) is 18.7 Å². The van der Waals surface area contributed by atoms with E-state index in [1.165, 1.54) is 21.7 Å². The Hall–Kier alpha value is -3.22. The second-order valence-electron chi connectivity index (χ2n) is 5.52. The Morgan fingerprint density at radius 3 is 2.38 bits per heavy atom. The number of hydrogen-bond acceptors (Lipinski definition) is 3. The van der Waals surface area contributed by atoms with Gasteiger partial charge in [0.2, 0.25) is 0 Å². The Morgan fingerprint density at radius 1 is 1.00 bits per heavy atom. The summed E-state index contributed by atoms with van der Waals surface area (Å²) in [5, 5.41) is 4.25. The zero-order valence-electron chi connectivity index (χ0n) is 12.6. The van der Waals surface area contributed by atoms with Crippen LogP contribution in [0.1, 0.15) is 11.4 Å². The van der Waals surface area contributed by atoms with E-state index in [0.717, 1.165) is 15.8 Å². The van der Waals surface area contributed by atoms with Gasteiger partial charge in [0.25, 0.3) is 0 Å². The molecule has 7 heteroatoms. The average molecular weight is 324 g/mol. The van der Waals surface area contributed by atoms with E-state index in [9.17, 15) is 14.0 Å². The summed E-state index contributed by atoms with van der Waals surface area (Å²) in [6, 6.07) is 14.5. The topological polar surface area (TPSA) is 60.1 Å². The van der Waals surface area contributed by atoms with Crippen LogP contribution in [0.15, 0.2) is 59.4 Å². The largest absolute Gasteiger partial charge is 0.354 e. The number of halogens is 1. The highest BCUT2D eigenvalue weighted by Crippen LogP contribution is 2.21. The molecule has 0 atom stereocenters. The van der Waals surface area contributed by atoms with E-state index in [1.807, 2.05) is 18.2 Å². The number of hydrogen-bond donors (Lipinski definition) is 0. The van der Waals surface area contributed by atoms with Gasteiger partial charge in [0, 0.05) is 5.69 Å². The maximum atomic E-state index is 13.0. The normalized spacial score (nSPS) is 13.4. The molecular formula is C17H13FN4O2. The van der Waals surface area contributed by atoms with Crippen molar-refractivity contribution >= 4 is 11.7 Å². The van der Waals surface area contributed by atoms with Gasteiger partial charge < -0.3 is 0 Å². The molecule has 0 unspecified atom stereocenters. The standard InChI is InChI=1S/C17H13FN4O2/c18-13-8-6-12(7-9-13)10-21-17(24)22-15(19-21)11-20(16(22)23)14-4-2-1-3-5-14/h1-9H,10-11H2. The molecule has 2 aromatic carbocycles. The fourth-order valence-corrected chi connectivity index (χ4v) is 2.75. The molecule has 0 radical (unpaired) electrons. The highest BCUT2D eigenvalue weighted by molar-refractivity contribution is 5.95. The van der Waals surface area contributed by atoms with Crippen LogP contribution in [0.2, 0.25) is 0 Å². The van der Waals surface area contributed by atoms with Gasteiger partial charge in [-0.05, 0) is 29.8 Å². The lowest BCUT2D eigenvalue weighted by molar-refractivity contribution is 0.250. The van der Waals surface area contributed by atoms with Gasteiger partial charge in [-0.3, -0.25) is 4.90 Å². The van der Waals surface area contributed by atoms with Gasteiger partial charge in [-0.15, -0.1) is 0 Å². The summed E-state index contributed by atoms with van der Waals surface area (Å²) in [7, 11) is 0. The molecule has 0 saturated heterocycles. The number of carbonyl (C=O) groups is 1. The maximum Gasteiger partial charge on any atom is 0.354 e. The SMILES string of the molecule is O=C1N(c2ccccc2)Cc2nn(Cc3ccc(F)cc3)c(=O)n21. The predicted molar refractivity (Wildman–Crippen MR) is 85.4 cm³/mol. The molecule has 0 aliphatic carbocycles. The Balaban J connectivity index is 1.64. The lowest BCUT2D eigenvalue weighted by Crippen LogP contribution is -2.34. The third-order valence-corrected chi connectivity index (χ3v) is 3.94. The van der Waals surface area contributed by atoms with Gasteiger partial charge >= 0.3 is 11.7 Å². The van der Waals surface area contributed by atoms with Crippen LogP contribution in [0.25, 0.3) is 0 Å². The van der Waals surface area contributed by atoms with Gasteiger partial charge in [0.1, 0.15) is 5.82 Å². The minimum absolute atomic E-state index is 0.192. The second-order valence-corrected chi connectivity index (χ2v) is 5.52. The number of anilines is 1. The first-order valence-corrected chi connectivity index (χ1v) is 7.43.